The number of nitrogens with zero attached hydrogens (tertiary/aromatic N) is 1. The maximum Gasteiger partial charge on any atom is 0.270 e. The lowest BCUT2D eigenvalue weighted by atomic mass is 10.2. The number of nitrogens with one attached hydrogen (secondary N) is 2. The van der Waals surface area contributed by atoms with Crippen LogP contribution in [0.1, 0.15) is 24.3 Å². The Balaban J connectivity index is 2.24. The highest BCUT2D eigenvalue weighted by atomic mass is 19.1. The standard InChI is InChI=1S/C15H15F2N3O/c1-9(2)19-15(21)13-8-10(6-7-18-13)20-14-11(16)4-3-5-12(14)17/h3-9H,1-2H3,(H,18,20)(H,19,21). The lowest BCUT2D eigenvalue weighted by Crippen LogP contribution is -2.30. The van der Waals surface area contributed by atoms with Gasteiger partial charge in [0.2, 0.25) is 0 Å². The maximum atomic E-state index is 13.6. The lowest BCUT2D eigenvalue weighted by molar-refractivity contribution is 0.0938. The minimum absolute atomic E-state index is 0.0278. The number of para-hydroxylation sites is 1. The van der Waals surface area contributed by atoms with Gasteiger partial charge in [-0.3, -0.25) is 9.78 Å². The van der Waals surface area contributed by atoms with Gasteiger partial charge in [-0.1, -0.05) is 6.07 Å². The summed E-state index contributed by atoms with van der Waals surface area (Å²) in [5, 5.41) is 5.31. The molecule has 1 heterocycles. The van der Waals surface area contributed by atoms with Gasteiger partial charge in [-0.2, -0.15) is 0 Å². The Hall–Kier alpha value is -2.50. The number of halogens is 2. The Labute approximate surface area is 121 Å². The van der Waals surface area contributed by atoms with E-state index in [9.17, 15) is 13.6 Å². The molecule has 2 rings (SSSR count). The number of rotatable bonds is 4. The number of anilines is 2. The number of hydrogen-bond donors (Lipinski definition) is 2. The van der Waals surface area contributed by atoms with Crippen molar-refractivity contribution in [2.24, 2.45) is 0 Å². The molecular weight excluding hydrogens is 276 g/mol. The number of amides is 1. The van der Waals surface area contributed by atoms with Gasteiger partial charge in [0.15, 0.2) is 0 Å². The first kappa shape index (κ1) is 14.9. The molecule has 0 atom stereocenters. The summed E-state index contributed by atoms with van der Waals surface area (Å²) < 4.78 is 27.1. The Morgan fingerprint density at radius 2 is 1.86 bits per heavy atom. The first-order valence-electron chi connectivity index (χ1n) is 6.45. The van der Waals surface area contributed by atoms with Gasteiger partial charge < -0.3 is 10.6 Å². The molecule has 110 valence electrons. The predicted octanol–water partition coefficient (Wildman–Crippen LogP) is 3.24. The molecule has 1 amide bonds. The van der Waals surface area contributed by atoms with Gasteiger partial charge in [-0.05, 0) is 38.1 Å². The molecule has 2 aromatic rings. The molecule has 1 aromatic carbocycles. The third-order valence-electron chi connectivity index (χ3n) is 2.64. The van der Waals surface area contributed by atoms with Gasteiger partial charge in [-0.15, -0.1) is 0 Å². The van der Waals surface area contributed by atoms with Gasteiger partial charge in [0, 0.05) is 17.9 Å². The molecule has 6 heteroatoms. The topological polar surface area (TPSA) is 54.0 Å². The molecule has 0 aliphatic carbocycles. The third-order valence-corrected chi connectivity index (χ3v) is 2.64. The first-order valence-corrected chi connectivity index (χ1v) is 6.45. The summed E-state index contributed by atoms with van der Waals surface area (Å²) in [5.41, 5.74) is 0.285. The molecular formula is C15H15F2N3O. The fraction of sp³-hybridized carbons (Fsp3) is 0.200. The van der Waals surface area contributed by atoms with Crippen molar-refractivity contribution in [3.63, 3.8) is 0 Å². The molecule has 2 N–H and O–H groups in total. The van der Waals surface area contributed by atoms with Gasteiger partial charge >= 0.3 is 0 Å². The van der Waals surface area contributed by atoms with Crippen LogP contribution < -0.4 is 10.6 Å². The van der Waals surface area contributed by atoms with E-state index in [1.165, 1.54) is 24.4 Å². The Kier molecular flexibility index (Phi) is 4.47. The van der Waals surface area contributed by atoms with Crippen LogP contribution in [0.2, 0.25) is 0 Å². The van der Waals surface area contributed by atoms with Crippen molar-refractivity contribution in [3.8, 4) is 0 Å². The SMILES string of the molecule is CC(C)NC(=O)c1cc(Nc2c(F)cccc2F)ccn1. The third kappa shape index (κ3) is 3.75. The van der Waals surface area contributed by atoms with Crippen LogP contribution >= 0.6 is 0 Å². The summed E-state index contributed by atoms with van der Waals surface area (Å²) in [6.07, 6.45) is 1.40. The second-order valence-corrected chi connectivity index (χ2v) is 4.78. The molecule has 0 aliphatic rings. The fourth-order valence-electron chi connectivity index (χ4n) is 1.73. The molecule has 21 heavy (non-hydrogen) atoms. The van der Waals surface area contributed by atoms with Crippen LogP contribution in [-0.4, -0.2) is 16.9 Å². The van der Waals surface area contributed by atoms with Crippen LogP contribution in [0.5, 0.6) is 0 Å². The molecule has 4 nitrogen and oxygen atoms in total. The van der Waals surface area contributed by atoms with E-state index in [4.69, 9.17) is 0 Å². The number of benzene rings is 1. The van der Waals surface area contributed by atoms with E-state index in [2.05, 4.69) is 15.6 Å². The van der Waals surface area contributed by atoms with Crippen LogP contribution in [0.4, 0.5) is 20.2 Å². The smallest absolute Gasteiger partial charge is 0.270 e. The quantitative estimate of drug-likeness (QED) is 0.909. The first-order chi connectivity index (χ1) is 9.97. The normalized spacial score (nSPS) is 10.5. The minimum atomic E-state index is -0.708. The zero-order valence-corrected chi connectivity index (χ0v) is 11.7. The number of hydrogen-bond acceptors (Lipinski definition) is 3. The van der Waals surface area contributed by atoms with Crippen molar-refractivity contribution in [2.45, 2.75) is 19.9 Å². The van der Waals surface area contributed by atoms with E-state index >= 15 is 0 Å². The Morgan fingerprint density at radius 3 is 2.48 bits per heavy atom. The van der Waals surface area contributed by atoms with Crippen molar-refractivity contribution < 1.29 is 13.6 Å². The van der Waals surface area contributed by atoms with Gasteiger partial charge in [0.1, 0.15) is 23.0 Å². The zero-order valence-electron chi connectivity index (χ0n) is 11.7. The average molecular weight is 291 g/mol. The molecule has 1 aromatic heterocycles. The van der Waals surface area contributed by atoms with Crippen molar-refractivity contribution in [1.29, 1.82) is 0 Å². The number of carbonyl (C=O) groups excluding carboxylic acids is 1. The molecule has 0 aliphatic heterocycles. The van der Waals surface area contributed by atoms with Crippen molar-refractivity contribution in [3.05, 3.63) is 53.9 Å². The van der Waals surface area contributed by atoms with Crippen LogP contribution in [-0.2, 0) is 0 Å². The summed E-state index contributed by atoms with van der Waals surface area (Å²) in [4.78, 5) is 15.8. The monoisotopic (exact) mass is 291 g/mol. The number of pyridine rings is 1. The molecule has 0 fully saturated rings. The van der Waals surface area contributed by atoms with Gasteiger partial charge in [-0.25, -0.2) is 8.78 Å². The second-order valence-electron chi connectivity index (χ2n) is 4.78. The summed E-state index contributed by atoms with van der Waals surface area (Å²) in [7, 11) is 0. The van der Waals surface area contributed by atoms with Crippen LogP contribution in [0.3, 0.4) is 0 Å². The molecule has 0 bridgehead atoms. The predicted molar refractivity (Wildman–Crippen MR) is 76.5 cm³/mol. The van der Waals surface area contributed by atoms with Crippen molar-refractivity contribution >= 4 is 17.3 Å². The Bertz CT molecular complexity index is 639. The van der Waals surface area contributed by atoms with E-state index in [1.807, 2.05) is 13.8 Å². The highest BCUT2D eigenvalue weighted by Crippen LogP contribution is 2.23. The molecule has 0 saturated carbocycles. The van der Waals surface area contributed by atoms with Gasteiger partial charge in [0.05, 0.1) is 0 Å². The summed E-state index contributed by atoms with van der Waals surface area (Å²) in [6, 6.07) is 6.52. The lowest BCUT2D eigenvalue weighted by Gasteiger charge is -2.11. The van der Waals surface area contributed by atoms with E-state index in [-0.39, 0.29) is 23.3 Å². The minimum Gasteiger partial charge on any atom is -0.351 e. The highest BCUT2D eigenvalue weighted by Gasteiger charge is 2.12. The number of aromatic nitrogens is 1. The fourth-order valence-corrected chi connectivity index (χ4v) is 1.73. The maximum absolute atomic E-state index is 13.6. The number of carbonyl (C=O) groups is 1. The van der Waals surface area contributed by atoms with Crippen LogP contribution in [0.25, 0.3) is 0 Å². The van der Waals surface area contributed by atoms with Crippen LogP contribution in [0, 0.1) is 11.6 Å². The average Bonchev–Trinajstić information content (AvgIpc) is 2.43. The van der Waals surface area contributed by atoms with E-state index in [0.717, 1.165) is 12.1 Å². The van der Waals surface area contributed by atoms with E-state index in [0.29, 0.717) is 5.69 Å². The van der Waals surface area contributed by atoms with Crippen molar-refractivity contribution in [2.75, 3.05) is 5.32 Å². The second kappa shape index (κ2) is 6.30. The molecule has 0 saturated heterocycles. The summed E-state index contributed by atoms with van der Waals surface area (Å²) >= 11 is 0. The Morgan fingerprint density at radius 1 is 1.19 bits per heavy atom. The highest BCUT2D eigenvalue weighted by molar-refractivity contribution is 5.93. The van der Waals surface area contributed by atoms with E-state index in [1.54, 1.807) is 0 Å². The molecule has 0 radical (unpaired) electrons. The summed E-state index contributed by atoms with van der Waals surface area (Å²) in [6.45, 7) is 3.66. The molecule has 0 spiro atoms. The largest absolute Gasteiger partial charge is 0.351 e. The van der Waals surface area contributed by atoms with E-state index < -0.39 is 11.6 Å². The molecule has 0 unspecified atom stereocenters. The summed E-state index contributed by atoms with van der Waals surface area (Å²) in [5.74, 6) is -1.76. The van der Waals surface area contributed by atoms with Gasteiger partial charge in [0.25, 0.3) is 5.91 Å². The van der Waals surface area contributed by atoms with Crippen LogP contribution in [0.15, 0.2) is 36.5 Å². The zero-order chi connectivity index (χ0) is 15.4. The van der Waals surface area contributed by atoms with Crippen molar-refractivity contribution in [1.82, 2.24) is 10.3 Å².